The van der Waals surface area contributed by atoms with Gasteiger partial charge in [0, 0.05) is 34.9 Å². The molecule has 3 N–H and O–H groups in total. The number of aromatic nitrogens is 1. The molecule has 3 aliphatic rings. The maximum absolute atomic E-state index is 14.0. The molecule has 0 radical (unpaired) electrons. The van der Waals surface area contributed by atoms with Crippen molar-refractivity contribution in [3.8, 4) is 0 Å². The van der Waals surface area contributed by atoms with E-state index in [4.69, 9.17) is 27.9 Å². The number of ketones is 1. The fourth-order valence-electron chi connectivity index (χ4n) is 6.42. The van der Waals surface area contributed by atoms with Gasteiger partial charge >= 0.3 is 5.97 Å². The number of nitrogens with zero attached hydrogens (tertiary/aromatic N) is 1. The highest BCUT2D eigenvalue weighted by molar-refractivity contribution is 6.38. The molecule has 1 aromatic heterocycles. The normalized spacial score (nSPS) is 24.4. The number of ether oxygens (including phenoxy) is 1. The van der Waals surface area contributed by atoms with Gasteiger partial charge in [0.15, 0.2) is 12.4 Å². The highest BCUT2D eigenvalue weighted by Crippen LogP contribution is 2.43. The van der Waals surface area contributed by atoms with Crippen molar-refractivity contribution in [3.63, 3.8) is 0 Å². The Kier molecular flexibility index (Phi) is 8.58. The van der Waals surface area contributed by atoms with Gasteiger partial charge in [-0.15, -0.1) is 0 Å². The molecule has 0 spiro atoms. The van der Waals surface area contributed by atoms with Crippen LogP contribution >= 0.6 is 23.2 Å². The van der Waals surface area contributed by atoms with Gasteiger partial charge in [-0.1, -0.05) is 29.6 Å². The van der Waals surface area contributed by atoms with Gasteiger partial charge in [0.1, 0.15) is 11.7 Å². The van der Waals surface area contributed by atoms with Crippen LogP contribution in [0.5, 0.6) is 0 Å². The van der Waals surface area contributed by atoms with Crippen molar-refractivity contribution in [1.82, 2.24) is 20.5 Å². The van der Waals surface area contributed by atoms with Crippen LogP contribution in [0.3, 0.4) is 0 Å². The van der Waals surface area contributed by atoms with Crippen LogP contribution in [0.1, 0.15) is 63.4 Å². The molecule has 3 fully saturated rings. The minimum absolute atomic E-state index is 0.0550. The summed E-state index contributed by atoms with van der Waals surface area (Å²) in [5.74, 6) is -2.36. The average Bonchev–Trinajstić information content (AvgIpc) is 3.69. The van der Waals surface area contributed by atoms with Crippen molar-refractivity contribution >= 4 is 63.6 Å². The van der Waals surface area contributed by atoms with Crippen molar-refractivity contribution in [2.75, 3.05) is 19.7 Å². The summed E-state index contributed by atoms with van der Waals surface area (Å²) in [6.45, 7) is 5.43. The zero-order valence-electron chi connectivity index (χ0n) is 23.9. The Morgan fingerprint density at radius 2 is 1.88 bits per heavy atom. The molecule has 3 heterocycles. The van der Waals surface area contributed by atoms with Gasteiger partial charge in [-0.2, -0.15) is 0 Å². The molecule has 2 aromatic rings. The van der Waals surface area contributed by atoms with Gasteiger partial charge in [0.25, 0.3) is 5.91 Å². The number of amides is 3. The van der Waals surface area contributed by atoms with Crippen LogP contribution in [-0.4, -0.2) is 71.1 Å². The first kappa shape index (κ1) is 30.4. The monoisotopic (exact) mass is 618 g/mol. The molecule has 226 valence electrons. The van der Waals surface area contributed by atoms with E-state index in [-0.39, 0.29) is 35.8 Å². The summed E-state index contributed by atoms with van der Waals surface area (Å²) < 4.78 is 5.25. The number of esters is 1. The third kappa shape index (κ3) is 6.15. The maximum Gasteiger partial charge on any atom is 0.311 e. The molecule has 5 atom stereocenters. The number of aromatic amines is 1. The third-order valence-electron chi connectivity index (χ3n) is 8.65. The molecule has 1 unspecified atom stereocenters. The molecule has 2 aliphatic heterocycles. The molecule has 10 nitrogen and oxygen atoms in total. The van der Waals surface area contributed by atoms with E-state index < -0.39 is 47.7 Å². The number of carbonyl (C=O) groups is 5. The topological polar surface area (TPSA) is 138 Å². The Balaban J connectivity index is 1.38. The molecular formula is C30H36Cl2N4O6. The molecular weight excluding hydrogens is 583 g/mol. The Labute approximate surface area is 254 Å². The van der Waals surface area contributed by atoms with Gasteiger partial charge < -0.3 is 25.3 Å². The molecule has 1 aromatic carbocycles. The van der Waals surface area contributed by atoms with Crippen LogP contribution in [0.15, 0.2) is 18.2 Å². The Morgan fingerprint density at radius 3 is 2.57 bits per heavy atom. The molecule has 0 bridgehead atoms. The standard InChI is InChI=1S/C30H36Cl2N4O6/c1-30(2,3)29(41)42-14-24(37)22(9-15-7-8-33-26(15)38)35-27(39)25-18-6-4-5-16(18)13-36(25)28(40)23-12-19-20(32)10-17(31)11-21(19)34-23/h10-12,15-16,18,22,25,34H,4-9,13-14H2,1-3H3,(H,33,38)(H,35,39)/t15-,16-,18-,22?,25-/m0/s1. The maximum atomic E-state index is 14.0. The number of benzene rings is 1. The van der Waals surface area contributed by atoms with Gasteiger partial charge in [0.05, 0.1) is 16.5 Å². The van der Waals surface area contributed by atoms with Crippen molar-refractivity contribution in [2.24, 2.45) is 23.2 Å². The van der Waals surface area contributed by atoms with Gasteiger partial charge in [-0.05, 0) is 76.5 Å². The summed E-state index contributed by atoms with van der Waals surface area (Å²) in [7, 11) is 0. The first-order valence-corrected chi connectivity index (χ1v) is 15.2. The Hall–Kier alpha value is -3.11. The van der Waals surface area contributed by atoms with E-state index >= 15 is 0 Å². The second-order valence-corrected chi connectivity index (χ2v) is 13.5. The predicted octanol–water partition coefficient (Wildman–Crippen LogP) is 3.88. The van der Waals surface area contributed by atoms with Gasteiger partial charge in [-0.3, -0.25) is 24.0 Å². The lowest BCUT2D eigenvalue weighted by Gasteiger charge is -2.29. The summed E-state index contributed by atoms with van der Waals surface area (Å²) in [4.78, 5) is 70.4. The zero-order valence-corrected chi connectivity index (χ0v) is 25.4. The van der Waals surface area contributed by atoms with Crippen molar-refractivity contribution < 1.29 is 28.7 Å². The highest BCUT2D eigenvalue weighted by atomic mass is 35.5. The molecule has 5 rings (SSSR count). The van der Waals surface area contributed by atoms with E-state index in [9.17, 15) is 24.0 Å². The van der Waals surface area contributed by atoms with Crippen LogP contribution in [0, 0.1) is 23.2 Å². The summed E-state index contributed by atoms with van der Waals surface area (Å²) in [5, 5.41) is 7.10. The van der Waals surface area contributed by atoms with Gasteiger partial charge in [0.2, 0.25) is 11.8 Å². The summed E-state index contributed by atoms with van der Waals surface area (Å²) in [5.41, 5.74) is 0.0999. The Bertz CT molecular complexity index is 1430. The van der Waals surface area contributed by atoms with Crippen molar-refractivity contribution in [2.45, 2.75) is 65.0 Å². The second kappa shape index (κ2) is 11.9. The Morgan fingerprint density at radius 1 is 1.12 bits per heavy atom. The number of rotatable bonds is 8. The SMILES string of the molecule is CC(C)(C)C(=O)OCC(=O)C(C[C@@H]1CCNC1=O)NC(=O)[C@@H]1[C@H]2CCC[C@H]2CN1C(=O)c1cc2c(Cl)cc(Cl)cc2[nH]1. The number of hydrogen-bond acceptors (Lipinski definition) is 6. The third-order valence-corrected chi connectivity index (χ3v) is 9.18. The predicted molar refractivity (Wildman–Crippen MR) is 157 cm³/mol. The number of hydrogen-bond donors (Lipinski definition) is 3. The van der Waals surface area contributed by atoms with Crippen LogP contribution in [0.25, 0.3) is 10.9 Å². The highest BCUT2D eigenvalue weighted by Gasteiger charge is 2.50. The van der Waals surface area contributed by atoms with Crippen LogP contribution in [-0.2, 0) is 23.9 Å². The van der Waals surface area contributed by atoms with Crippen LogP contribution in [0.2, 0.25) is 10.0 Å². The van der Waals surface area contributed by atoms with Crippen molar-refractivity contribution in [3.05, 3.63) is 33.9 Å². The quantitative estimate of drug-likeness (QED) is 0.384. The lowest BCUT2D eigenvalue weighted by atomic mass is 9.92. The molecule has 3 amide bonds. The molecule has 1 aliphatic carbocycles. The number of nitrogens with one attached hydrogen (secondary N) is 3. The number of likely N-dealkylation sites (tertiary alicyclic amines) is 1. The largest absolute Gasteiger partial charge is 0.457 e. The molecule has 2 saturated heterocycles. The summed E-state index contributed by atoms with van der Waals surface area (Å²) in [6, 6.07) is 3.11. The van der Waals surface area contributed by atoms with E-state index in [1.165, 1.54) is 0 Å². The average molecular weight is 620 g/mol. The minimum Gasteiger partial charge on any atom is -0.457 e. The van der Waals surface area contributed by atoms with Gasteiger partial charge in [-0.25, -0.2) is 0 Å². The lowest BCUT2D eigenvalue weighted by molar-refractivity contribution is -0.156. The number of carbonyl (C=O) groups excluding carboxylic acids is 5. The van der Waals surface area contributed by atoms with Crippen molar-refractivity contribution in [1.29, 1.82) is 0 Å². The molecule has 12 heteroatoms. The fraction of sp³-hybridized carbons (Fsp3) is 0.567. The number of H-pyrrole nitrogens is 1. The molecule has 1 saturated carbocycles. The first-order valence-electron chi connectivity index (χ1n) is 14.4. The van der Waals surface area contributed by atoms with Crippen LogP contribution in [0.4, 0.5) is 0 Å². The summed E-state index contributed by atoms with van der Waals surface area (Å²) >= 11 is 12.5. The summed E-state index contributed by atoms with van der Waals surface area (Å²) in [6.07, 6.45) is 3.26. The lowest BCUT2D eigenvalue weighted by Crippen LogP contribution is -2.54. The first-order chi connectivity index (χ1) is 19.8. The van der Waals surface area contributed by atoms with E-state index in [0.29, 0.717) is 40.5 Å². The minimum atomic E-state index is -1.05. The van der Waals surface area contributed by atoms with E-state index in [1.807, 2.05) is 0 Å². The van der Waals surface area contributed by atoms with E-state index in [0.717, 1.165) is 19.3 Å². The van der Waals surface area contributed by atoms with Crippen LogP contribution < -0.4 is 10.6 Å². The number of halogens is 2. The van der Waals surface area contributed by atoms with E-state index in [2.05, 4.69) is 15.6 Å². The zero-order chi connectivity index (χ0) is 30.3. The second-order valence-electron chi connectivity index (χ2n) is 12.7. The fourth-order valence-corrected chi connectivity index (χ4v) is 6.96. The number of Topliss-reactive ketones (excluding diaryl/α,β-unsaturated/α-hetero) is 1. The number of fused-ring (bicyclic) bond motifs is 2. The van der Waals surface area contributed by atoms with E-state index in [1.54, 1.807) is 43.9 Å². The smallest absolute Gasteiger partial charge is 0.311 e. The molecule has 42 heavy (non-hydrogen) atoms.